The molecular formula is C14H23N3O4. The van der Waals surface area contributed by atoms with Crippen molar-refractivity contribution >= 4 is 5.69 Å². The molecule has 118 valence electrons. The second-order valence-electron chi connectivity index (χ2n) is 5.08. The number of nitro groups is 1. The number of hydrogen-bond donors (Lipinski definition) is 2. The largest absolute Gasteiger partial charge is 0.491 e. The van der Waals surface area contributed by atoms with Crippen LogP contribution >= 0.6 is 0 Å². The van der Waals surface area contributed by atoms with E-state index < -0.39 is 11.0 Å². The lowest BCUT2D eigenvalue weighted by molar-refractivity contribution is -0.384. The van der Waals surface area contributed by atoms with E-state index in [0.29, 0.717) is 12.3 Å². The first-order valence-corrected chi connectivity index (χ1v) is 6.90. The van der Waals surface area contributed by atoms with Gasteiger partial charge in [0.25, 0.3) is 5.69 Å². The molecule has 1 aromatic carbocycles. The van der Waals surface area contributed by atoms with E-state index in [1.54, 1.807) is 12.1 Å². The SMILES string of the molecule is CN(C)CCCNCC(O)COc1cccc([N+](=O)[O-])c1. The van der Waals surface area contributed by atoms with Crippen molar-refractivity contribution in [3.8, 4) is 5.75 Å². The Balaban J connectivity index is 2.22. The van der Waals surface area contributed by atoms with Gasteiger partial charge in [-0.2, -0.15) is 0 Å². The van der Waals surface area contributed by atoms with Crippen LogP contribution in [0.1, 0.15) is 6.42 Å². The van der Waals surface area contributed by atoms with E-state index in [2.05, 4.69) is 10.2 Å². The molecule has 2 N–H and O–H groups in total. The van der Waals surface area contributed by atoms with E-state index >= 15 is 0 Å². The molecule has 1 unspecified atom stereocenters. The molecule has 1 rings (SSSR count). The molecule has 0 saturated heterocycles. The van der Waals surface area contributed by atoms with Gasteiger partial charge in [0, 0.05) is 12.6 Å². The second-order valence-corrected chi connectivity index (χ2v) is 5.08. The first kappa shape index (κ1) is 17.4. The van der Waals surface area contributed by atoms with Gasteiger partial charge in [-0.3, -0.25) is 10.1 Å². The normalized spacial score (nSPS) is 12.4. The number of aliphatic hydroxyl groups is 1. The van der Waals surface area contributed by atoms with Gasteiger partial charge in [0.2, 0.25) is 0 Å². The average molecular weight is 297 g/mol. The van der Waals surface area contributed by atoms with Crippen molar-refractivity contribution in [3.63, 3.8) is 0 Å². The standard InChI is InChI=1S/C14H23N3O4/c1-16(2)8-4-7-15-10-13(18)11-21-14-6-3-5-12(9-14)17(19)20/h3,5-6,9,13,15,18H,4,7-8,10-11H2,1-2H3. The quantitative estimate of drug-likeness (QED) is 0.378. The Bertz CT molecular complexity index is 440. The third-order valence-corrected chi connectivity index (χ3v) is 2.81. The third kappa shape index (κ3) is 7.60. The predicted octanol–water partition coefficient (Wildman–Crippen LogP) is 0.876. The fourth-order valence-corrected chi connectivity index (χ4v) is 1.73. The Morgan fingerprint density at radius 2 is 2.24 bits per heavy atom. The van der Waals surface area contributed by atoms with Crippen LogP contribution in [-0.4, -0.2) is 61.4 Å². The smallest absolute Gasteiger partial charge is 0.273 e. The molecule has 1 atom stereocenters. The fraction of sp³-hybridized carbons (Fsp3) is 0.571. The van der Waals surface area contributed by atoms with Gasteiger partial charge in [-0.1, -0.05) is 6.07 Å². The van der Waals surface area contributed by atoms with Crippen LogP contribution in [0.5, 0.6) is 5.75 Å². The molecule has 0 amide bonds. The summed E-state index contributed by atoms with van der Waals surface area (Å²) in [5, 5.41) is 23.5. The molecular weight excluding hydrogens is 274 g/mol. The van der Waals surface area contributed by atoms with Crippen LogP contribution in [0.3, 0.4) is 0 Å². The summed E-state index contributed by atoms with van der Waals surface area (Å²) in [5.41, 5.74) is -0.0243. The molecule has 7 heteroatoms. The molecule has 7 nitrogen and oxygen atoms in total. The van der Waals surface area contributed by atoms with Crippen molar-refractivity contribution < 1.29 is 14.8 Å². The highest BCUT2D eigenvalue weighted by Gasteiger charge is 2.08. The monoisotopic (exact) mass is 297 g/mol. The van der Waals surface area contributed by atoms with Crippen LogP contribution in [0.4, 0.5) is 5.69 Å². The topological polar surface area (TPSA) is 87.9 Å². The molecule has 0 aliphatic carbocycles. The summed E-state index contributed by atoms with van der Waals surface area (Å²) in [6, 6.07) is 5.93. The molecule has 0 saturated carbocycles. The lowest BCUT2D eigenvalue weighted by atomic mass is 10.3. The van der Waals surface area contributed by atoms with Crippen molar-refractivity contribution in [2.75, 3.05) is 40.3 Å². The van der Waals surface area contributed by atoms with Crippen LogP contribution in [0, 0.1) is 10.1 Å². The van der Waals surface area contributed by atoms with E-state index in [9.17, 15) is 15.2 Å². The van der Waals surface area contributed by atoms with Gasteiger partial charge in [-0.25, -0.2) is 0 Å². The summed E-state index contributed by atoms with van der Waals surface area (Å²) in [6.45, 7) is 2.35. The third-order valence-electron chi connectivity index (χ3n) is 2.81. The number of aliphatic hydroxyl groups excluding tert-OH is 1. The molecule has 0 radical (unpaired) electrons. The molecule has 21 heavy (non-hydrogen) atoms. The molecule has 0 aliphatic heterocycles. The Labute approximate surface area is 124 Å². The molecule has 0 aromatic heterocycles. The van der Waals surface area contributed by atoms with Gasteiger partial charge in [0.05, 0.1) is 11.0 Å². The van der Waals surface area contributed by atoms with E-state index in [0.717, 1.165) is 19.5 Å². The zero-order chi connectivity index (χ0) is 15.7. The highest BCUT2D eigenvalue weighted by molar-refractivity contribution is 5.37. The average Bonchev–Trinajstić information content (AvgIpc) is 2.44. The van der Waals surface area contributed by atoms with Crippen LogP contribution in [0.15, 0.2) is 24.3 Å². The summed E-state index contributed by atoms with van der Waals surface area (Å²) in [6.07, 6.45) is 0.356. The van der Waals surface area contributed by atoms with Gasteiger partial charge < -0.3 is 20.1 Å². The number of ether oxygens (including phenoxy) is 1. The lowest BCUT2D eigenvalue weighted by Gasteiger charge is -2.14. The number of benzene rings is 1. The molecule has 0 heterocycles. The minimum atomic E-state index is -0.649. The highest BCUT2D eigenvalue weighted by atomic mass is 16.6. The maximum atomic E-state index is 10.6. The number of rotatable bonds is 10. The maximum Gasteiger partial charge on any atom is 0.273 e. The van der Waals surface area contributed by atoms with Crippen molar-refractivity contribution in [2.45, 2.75) is 12.5 Å². The van der Waals surface area contributed by atoms with Crippen molar-refractivity contribution in [1.82, 2.24) is 10.2 Å². The van der Waals surface area contributed by atoms with Gasteiger partial charge in [0.15, 0.2) is 0 Å². The van der Waals surface area contributed by atoms with Crippen LogP contribution in [0.25, 0.3) is 0 Å². The van der Waals surface area contributed by atoms with E-state index in [1.807, 2.05) is 14.1 Å². The summed E-state index contributed by atoms with van der Waals surface area (Å²) >= 11 is 0. The number of nitro benzene ring substituents is 1. The Kier molecular flexibility index (Phi) is 7.66. The highest BCUT2D eigenvalue weighted by Crippen LogP contribution is 2.19. The summed E-state index contributed by atoms with van der Waals surface area (Å²) in [4.78, 5) is 12.3. The van der Waals surface area contributed by atoms with E-state index in [1.165, 1.54) is 12.1 Å². The van der Waals surface area contributed by atoms with Crippen LogP contribution in [0.2, 0.25) is 0 Å². The molecule has 0 fully saturated rings. The summed E-state index contributed by atoms with van der Waals surface area (Å²) in [7, 11) is 4.03. The molecule has 1 aromatic rings. The van der Waals surface area contributed by atoms with Gasteiger partial charge >= 0.3 is 0 Å². The predicted molar refractivity (Wildman–Crippen MR) is 80.6 cm³/mol. The van der Waals surface area contributed by atoms with Gasteiger partial charge in [0.1, 0.15) is 18.5 Å². The second kappa shape index (κ2) is 9.28. The number of nitrogens with one attached hydrogen (secondary N) is 1. The summed E-state index contributed by atoms with van der Waals surface area (Å²) < 4.78 is 5.35. The zero-order valence-electron chi connectivity index (χ0n) is 12.5. The van der Waals surface area contributed by atoms with E-state index in [-0.39, 0.29) is 12.3 Å². The van der Waals surface area contributed by atoms with Crippen molar-refractivity contribution in [2.24, 2.45) is 0 Å². The van der Waals surface area contributed by atoms with E-state index in [4.69, 9.17) is 4.74 Å². The Morgan fingerprint density at radius 1 is 1.48 bits per heavy atom. The first-order valence-electron chi connectivity index (χ1n) is 6.90. The van der Waals surface area contributed by atoms with Crippen molar-refractivity contribution in [3.05, 3.63) is 34.4 Å². The first-order chi connectivity index (χ1) is 9.99. The Morgan fingerprint density at radius 3 is 2.90 bits per heavy atom. The molecule has 0 bridgehead atoms. The minimum absolute atomic E-state index is 0.0243. The van der Waals surface area contributed by atoms with Crippen LogP contribution in [-0.2, 0) is 0 Å². The van der Waals surface area contributed by atoms with Gasteiger partial charge in [-0.05, 0) is 39.7 Å². The van der Waals surface area contributed by atoms with Crippen molar-refractivity contribution in [1.29, 1.82) is 0 Å². The lowest BCUT2D eigenvalue weighted by Crippen LogP contribution is -2.32. The van der Waals surface area contributed by atoms with Gasteiger partial charge in [-0.15, -0.1) is 0 Å². The van der Waals surface area contributed by atoms with Crippen LogP contribution < -0.4 is 10.1 Å². The maximum absolute atomic E-state index is 10.6. The number of hydrogen-bond acceptors (Lipinski definition) is 6. The molecule has 0 aliphatic rings. The Hall–Kier alpha value is -1.70. The molecule has 0 spiro atoms. The fourth-order valence-electron chi connectivity index (χ4n) is 1.73. The number of non-ortho nitro benzene ring substituents is 1. The minimum Gasteiger partial charge on any atom is -0.491 e. The number of nitrogens with zero attached hydrogens (tertiary/aromatic N) is 2. The summed E-state index contributed by atoms with van der Waals surface area (Å²) in [5.74, 6) is 0.385. The zero-order valence-corrected chi connectivity index (χ0v) is 12.5.